The van der Waals surface area contributed by atoms with Gasteiger partial charge in [0.05, 0.1) is 6.54 Å². The average Bonchev–Trinajstić information content (AvgIpc) is 2.69. The van der Waals surface area contributed by atoms with Crippen molar-refractivity contribution in [3.8, 4) is 6.07 Å². The lowest BCUT2D eigenvalue weighted by atomic mass is 9.97. The standard InChI is InChI=1S/C12H13N3O2/c1-8(14)11(16)17-12(6-13)7-15-10-5-3-2-4-9(10)12/h2-5,8,15H,7,14H2,1H3/t8-,12-/m0/s1. The smallest absolute Gasteiger partial charge is 0.324 e. The molecule has 1 aliphatic rings. The average molecular weight is 231 g/mol. The van der Waals surface area contributed by atoms with Crippen LogP contribution in [0.3, 0.4) is 0 Å². The summed E-state index contributed by atoms with van der Waals surface area (Å²) in [6, 6.07) is 8.58. The SMILES string of the molecule is C[C@H](N)C(=O)O[C@@]1(C#N)CNc2ccccc21. The zero-order valence-corrected chi connectivity index (χ0v) is 9.43. The van der Waals surface area contributed by atoms with Crippen molar-refractivity contribution in [2.24, 2.45) is 5.73 Å². The molecule has 0 unspecified atom stereocenters. The van der Waals surface area contributed by atoms with Crippen LogP contribution < -0.4 is 11.1 Å². The van der Waals surface area contributed by atoms with E-state index in [0.29, 0.717) is 5.56 Å². The summed E-state index contributed by atoms with van der Waals surface area (Å²) >= 11 is 0. The summed E-state index contributed by atoms with van der Waals surface area (Å²) < 4.78 is 5.25. The Morgan fingerprint density at radius 2 is 2.35 bits per heavy atom. The number of fused-ring (bicyclic) bond motifs is 1. The Hall–Kier alpha value is -2.06. The molecule has 0 bridgehead atoms. The van der Waals surface area contributed by atoms with Crippen molar-refractivity contribution in [3.05, 3.63) is 29.8 Å². The van der Waals surface area contributed by atoms with Crippen LogP contribution >= 0.6 is 0 Å². The molecule has 5 nitrogen and oxygen atoms in total. The molecule has 17 heavy (non-hydrogen) atoms. The monoisotopic (exact) mass is 231 g/mol. The number of para-hydroxylation sites is 1. The fourth-order valence-corrected chi connectivity index (χ4v) is 1.78. The largest absolute Gasteiger partial charge is 0.436 e. The quantitative estimate of drug-likeness (QED) is 0.732. The molecule has 0 aromatic heterocycles. The van der Waals surface area contributed by atoms with E-state index in [1.54, 1.807) is 12.1 Å². The molecule has 3 N–H and O–H groups in total. The first-order valence-corrected chi connectivity index (χ1v) is 5.32. The summed E-state index contributed by atoms with van der Waals surface area (Å²) in [7, 11) is 0. The zero-order chi connectivity index (χ0) is 12.5. The summed E-state index contributed by atoms with van der Waals surface area (Å²) in [6.07, 6.45) is 0. The number of nitrogens with zero attached hydrogens (tertiary/aromatic N) is 1. The molecular formula is C12H13N3O2. The van der Waals surface area contributed by atoms with Crippen molar-refractivity contribution < 1.29 is 9.53 Å². The Bertz CT molecular complexity index is 493. The maximum Gasteiger partial charge on any atom is 0.324 e. The highest BCUT2D eigenvalue weighted by Gasteiger charge is 2.43. The Labute approximate surface area is 99.2 Å². The van der Waals surface area contributed by atoms with E-state index >= 15 is 0 Å². The molecule has 1 heterocycles. The molecule has 0 amide bonds. The van der Waals surface area contributed by atoms with Crippen LogP contribution in [0.25, 0.3) is 0 Å². The minimum absolute atomic E-state index is 0.251. The molecule has 0 aliphatic carbocycles. The number of anilines is 1. The second kappa shape index (κ2) is 4.07. The fraction of sp³-hybridized carbons (Fsp3) is 0.333. The van der Waals surface area contributed by atoms with Gasteiger partial charge in [-0.25, -0.2) is 0 Å². The van der Waals surface area contributed by atoms with E-state index in [9.17, 15) is 10.1 Å². The Balaban J connectivity index is 2.36. The van der Waals surface area contributed by atoms with E-state index in [4.69, 9.17) is 10.5 Å². The number of hydrogen-bond donors (Lipinski definition) is 2. The van der Waals surface area contributed by atoms with Crippen molar-refractivity contribution in [2.45, 2.75) is 18.6 Å². The minimum atomic E-state index is -1.26. The Morgan fingerprint density at radius 1 is 1.65 bits per heavy atom. The molecule has 0 saturated carbocycles. The molecule has 2 atom stereocenters. The molecule has 88 valence electrons. The topological polar surface area (TPSA) is 88.1 Å². The van der Waals surface area contributed by atoms with Crippen molar-refractivity contribution in [2.75, 3.05) is 11.9 Å². The third-order valence-electron chi connectivity index (χ3n) is 2.72. The first-order chi connectivity index (χ1) is 8.09. The van der Waals surface area contributed by atoms with E-state index in [2.05, 4.69) is 11.4 Å². The molecule has 2 rings (SSSR count). The van der Waals surface area contributed by atoms with Crippen molar-refractivity contribution in [1.29, 1.82) is 5.26 Å². The predicted octanol–water partition coefficient (Wildman–Crippen LogP) is 0.721. The van der Waals surface area contributed by atoms with Gasteiger partial charge in [0.2, 0.25) is 5.60 Å². The van der Waals surface area contributed by atoms with E-state index in [1.165, 1.54) is 6.92 Å². The summed E-state index contributed by atoms with van der Waals surface area (Å²) in [5.41, 5.74) is 5.67. The van der Waals surface area contributed by atoms with Crippen LogP contribution in [0.15, 0.2) is 24.3 Å². The summed E-state index contributed by atoms with van der Waals surface area (Å²) in [5.74, 6) is -0.579. The fourth-order valence-electron chi connectivity index (χ4n) is 1.78. The van der Waals surface area contributed by atoms with Crippen LogP contribution in [-0.2, 0) is 15.1 Å². The van der Waals surface area contributed by atoms with Gasteiger partial charge in [-0.15, -0.1) is 0 Å². The summed E-state index contributed by atoms with van der Waals surface area (Å²) in [6.45, 7) is 1.78. The van der Waals surface area contributed by atoms with Gasteiger partial charge in [-0.05, 0) is 13.0 Å². The molecule has 1 aromatic rings. The highest BCUT2D eigenvalue weighted by molar-refractivity contribution is 5.77. The van der Waals surface area contributed by atoms with Gasteiger partial charge in [0.15, 0.2) is 0 Å². The lowest BCUT2D eigenvalue weighted by molar-refractivity contribution is -0.155. The van der Waals surface area contributed by atoms with Gasteiger partial charge < -0.3 is 15.8 Å². The van der Waals surface area contributed by atoms with Gasteiger partial charge in [0.1, 0.15) is 12.1 Å². The second-order valence-electron chi connectivity index (χ2n) is 4.05. The van der Waals surface area contributed by atoms with E-state index < -0.39 is 17.6 Å². The van der Waals surface area contributed by atoms with Gasteiger partial charge in [0.25, 0.3) is 0 Å². The summed E-state index contributed by atoms with van der Waals surface area (Å²) in [5, 5.41) is 12.3. The van der Waals surface area contributed by atoms with Gasteiger partial charge in [-0.3, -0.25) is 4.79 Å². The number of hydrogen-bond acceptors (Lipinski definition) is 5. The number of benzene rings is 1. The lowest BCUT2D eigenvalue weighted by Crippen LogP contribution is -2.39. The van der Waals surface area contributed by atoms with Gasteiger partial charge >= 0.3 is 5.97 Å². The number of nitrogens with two attached hydrogens (primary N) is 1. The summed E-state index contributed by atoms with van der Waals surface area (Å²) in [4.78, 5) is 11.5. The highest BCUT2D eigenvalue weighted by atomic mass is 16.6. The van der Waals surface area contributed by atoms with Crippen LogP contribution in [0.5, 0.6) is 0 Å². The molecule has 1 aromatic carbocycles. The van der Waals surface area contributed by atoms with Crippen LogP contribution in [-0.4, -0.2) is 18.6 Å². The number of rotatable bonds is 2. The van der Waals surface area contributed by atoms with Crippen molar-refractivity contribution in [3.63, 3.8) is 0 Å². The van der Waals surface area contributed by atoms with E-state index in [1.807, 2.05) is 12.1 Å². The molecule has 5 heteroatoms. The van der Waals surface area contributed by atoms with Crippen LogP contribution in [0.2, 0.25) is 0 Å². The molecule has 0 fully saturated rings. The highest BCUT2D eigenvalue weighted by Crippen LogP contribution is 2.37. The number of carbonyl (C=O) groups excluding carboxylic acids is 1. The number of nitrogens with one attached hydrogen (secondary N) is 1. The molecule has 0 spiro atoms. The first kappa shape index (κ1) is 11.4. The maximum absolute atomic E-state index is 11.5. The number of ether oxygens (including phenoxy) is 1. The molecular weight excluding hydrogens is 218 g/mol. The first-order valence-electron chi connectivity index (χ1n) is 5.32. The van der Waals surface area contributed by atoms with E-state index in [0.717, 1.165) is 5.69 Å². The minimum Gasteiger partial charge on any atom is -0.436 e. The van der Waals surface area contributed by atoms with Crippen molar-refractivity contribution in [1.82, 2.24) is 0 Å². The maximum atomic E-state index is 11.5. The third kappa shape index (κ3) is 1.83. The van der Waals surface area contributed by atoms with Crippen LogP contribution in [0.4, 0.5) is 5.69 Å². The van der Waals surface area contributed by atoms with Crippen molar-refractivity contribution >= 4 is 11.7 Å². The van der Waals surface area contributed by atoms with E-state index in [-0.39, 0.29) is 6.54 Å². The van der Waals surface area contributed by atoms with Crippen LogP contribution in [0, 0.1) is 11.3 Å². The Kier molecular flexibility index (Phi) is 2.74. The van der Waals surface area contributed by atoms with Gasteiger partial charge in [-0.1, -0.05) is 18.2 Å². The normalized spacial score (nSPS) is 23.1. The zero-order valence-electron chi connectivity index (χ0n) is 9.43. The number of nitriles is 1. The Morgan fingerprint density at radius 3 is 3.00 bits per heavy atom. The predicted molar refractivity (Wildman–Crippen MR) is 62.0 cm³/mol. The molecule has 0 saturated heterocycles. The van der Waals surface area contributed by atoms with Gasteiger partial charge in [0, 0.05) is 11.3 Å². The number of carbonyl (C=O) groups is 1. The second-order valence-corrected chi connectivity index (χ2v) is 4.05. The van der Waals surface area contributed by atoms with Crippen LogP contribution in [0.1, 0.15) is 12.5 Å². The number of esters is 1. The van der Waals surface area contributed by atoms with Gasteiger partial charge in [-0.2, -0.15) is 5.26 Å². The molecule has 1 aliphatic heterocycles. The lowest BCUT2D eigenvalue weighted by Gasteiger charge is -2.22. The molecule has 0 radical (unpaired) electrons. The third-order valence-corrected chi connectivity index (χ3v) is 2.72.